The van der Waals surface area contributed by atoms with E-state index in [0.29, 0.717) is 24.9 Å². The molecule has 1 fully saturated rings. The number of nitrogens with zero attached hydrogens (tertiary/aromatic N) is 3. The van der Waals surface area contributed by atoms with Gasteiger partial charge in [0.1, 0.15) is 5.54 Å². The molecule has 6 nitrogen and oxygen atoms in total. The van der Waals surface area contributed by atoms with E-state index in [0.717, 1.165) is 10.2 Å². The van der Waals surface area contributed by atoms with Gasteiger partial charge in [-0.2, -0.15) is 5.10 Å². The Balaban J connectivity index is 1.87. The topological polar surface area (TPSA) is 75.4 Å². The summed E-state index contributed by atoms with van der Waals surface area (Å²) in [6, 6.07) is 7.53. The normalized spacial score (nSPS) is 20.7. The molecule has 120 valence electrons. The quantitative estimate of drug-likeness (QED) is 0.891. The maximum atomic E-state index is 12.7. The van der Waals surface area contributed by atoms with Crippen LogP contribution in [-0.4, -0.2) is 43.7 Å². The highest BCUT2D eigenvalue weighted by Crippen LogP contribution is 2.30. The van der Waals surface area contributed by atoms with Crippen molar-refractivity contribution in [2.24, 2.45) is 0 Å². The molecule has 1 N–H and O–H groups in total. The van der Waals surface area contributed by atoms with Gasteiger partial charge in [0.15, 0.2) is 0 Å². The van der Waals surface area contributed by atoms with Crippen LogP contribution in [0.2, 0.25) is 0 Å². The average molecular weight is 378 g/mol. The van der Waals surface area contributed by atoms with E-state index in [1.165, 1.54) is 11.1 Å². The lowest BCUT2D eigenvalue weighted by atomic mass is 9.99. The molecular weight excluding hydrogens is 362 g/mol. The highest BCUT2D eigenvalue weighted by molar-refractivity contribution is 9.10. The lowest BCUT2D eigenvalue weighted by Gasteiger charge is -2.30. The number of aromatic nitrogens is 2. The van der Waals surface area contributed by atoms with Gasteiger partial charge in [-0.25, -0.2) is 9.48 Å². The van der Waals surface area contributed by atoms with Crippen LogP contribution in [-0.2, 0) is 4.79 Å². The molecule has 1 atom stereocenters. The second-order valence-electron chi connectivity index (χ2n) is 5.79. The van der Waals surface area contributed by atoms with Crippen molar-refractivity contribution >= 4 is 27.8 Å². The monoisotopic (exact) mass is 377 g/mol. The number of carboxylic acids is 1. The van der Waals surface area contributed by atoms with Gasteiger partial charge in [-0.1, -0.05) is 15.9 Å². The van der Waals surface area contributed by atoms with E-state index in [-0.39, 0.29) is 5.91 Å². The third kappa shape index (κ3) is 2.76. The first-order chi connectivity index (χ1) is 10.9. The SMILES string of the molecule is CC1(C(=O)O)CCCN1C(=O)c1cnn(-c2ccc(Br)cc2)c1. The van der Waals surface area contributed by atoms with Gasteiger partial charge >= 0.3 is 5.97 Å². The Hall–Kier alpha value is -2.15. The summed E-state index contributed by atoms with van der Waals surface area (Å²) in [5, 5.41) is 13.6. The zero-order chi connectivity index (χ0) is 16.6. The summed E-state index contributed by atoms with van der Waals surface area (Å²) in [6.07, 6.45) is 4.27. The molecular formula is C16H16BrN3O3. The van der Waals surface area contributed by atoms with Crippen LogP contribution in [0.5, 0.6) is 0 Å². The Morgan fingerprint density at radius 3 is 2.65 bits per heavy atom. The van der Waals surface area contributed by atoms with Crippen molar-refractivity contribution in [3.05, 3.63) is 46.7 Å². The predicted molar refractivity (Wildman–Crippen MR) is 87.6 cm³/mol. The molecule has 3 rings (SSSR count). The first-order valence-electron chi connectivity index (χ1n) is 7.28. The van der Waals surface area contributed by atoms with Gasteiger partial charge in [0.25, 0.3) is 5.91 Å². The number of amides is 1. The molecule has 0 radical (unpaired) electrons. The zero-order valence-electron chi connectivity index (χ0n) is 12.6. The van der Waals surface area contributed by atoms with Gasteiger partial charge in [0, 0.05) is 17.2 Å². The van der Waals surface area contributed by atoms with Crippen molar-refractivity contribution in [2.45, 2.75) is 25.3 Å². The van der Waals surface area contributed by atoms with Crippen LogP contribution >= 0.6 is 15.9 Å². The number of likely N-dealkylation sites (tertiary alicyclic amines) is 1. The molecule has 1 aliphatic heterocycles. The van der Waals surface area contributed by atoms with E-state index >= 15 is 0 Å². The first kappa shape index (κ1) is 15.7. The van der Waals surface area contributed by atoms with Gasteiger partial charge in [0.2, 0.25) is 0 Å². The van der Waals surface area contributed by atoms with Crippen LogP contribution in [0.3, 0.4) is 0 Å². The van der Waals surface area contributed by atoms with Gasteiger partial charge in [0.05, 0.1) is 17.4 Å². The number of carbonyl (C=O) groups excluding carboxylic acids is 1. The lowest BCUT2D eigenvalue weighted by molar-refractivity contribution is -0.147. The smallest absolute Gasteiger partial charge is 0.329 e. The fourth-order valence-corrected chi connectivity index (χ4v) is 3.10. The molecule has 1 aromatic carbocycles. The summed E-state index contributed by atoms with van der Waals surface area (Å²) in [5.74, 6) is -1.26. The minimum atomic E-state index is -1.14. The fraction of sp³-hybridized carbons (Fsp3) is 0.312. The molecule has 1 unspecified atom stereocenters. The summed E-state index contributed by atoms with van der Waals surface area (Å²) < 4.78 is 2.56. The minimum absolute atomic E-state index is 0.296. The zero-order valence-corrected chi connectivity index (χ0v) is 14.2. The first-order valence-corrected chi connectivity index (χ1v) is 8.07. The number of rotatable bonds is 3. The van der Waals surface area contributed by atoms with Crippen molar-refractivity contribution in [1.82, 2.24) is 14.7 Å². The van der Waals surface area contributed by atoms with Crippen molar-refractivity contribution < 1.29 is 14.7 Å². The van der Waals surface area contributed by atoms with E-state index < -0.39 is 11.5 Å². The van der Waals surface area contributed by atoms with E-state index in [1.54, 1.807) is 17.8 Å². The van der Waals surface area contributed by atoms with Crippen LogP contribution in [0.1, 0.15) is 30.1 Å². The molecule has 2 heterocycles. The number of aliphatic carboxylic acids is 1. The molecule has 1 aliphatic rings. The number of hydrogen-bond acceptors (Lipinski definition) is 3. The van der Waals surface area contributed by atoms with E-state index in [9.17, 15) is 14.7 Å². The van der Waals surface area contributed by atoms with Crippen molar-refractivity contribution in [3.63, 3.8) is 0 Å². The summed E-state index contributed by atoms with van der Waals surface area (Å²) in [7, 11) is 0. The average Bonchev–Trinajstić information content (AvgIpc) is 3.15. The summed E-state index contributed by atoms with van der Waals surface area (Å²) in [5.41, 5.74) is 0.0773. The molecule has 0 aliphatic carbocycles. The molecule has 0 bridgehead atoms. The Kier molecular flexibility index (Phi) is 3.97. The Morgan fingerprint density at radius 1 is 1.30 bits per heavy atom. The molecule has 0 saturated carbocycles. The van der Waals surface area contributed by atoms with Crippen LogP contribution in [0.4, 0.5) is 0 Å². The predicted octanol–water partition coefficient (Wildman–Crippen LogP) is 2.71. The summed E-state index contributed by atoms with van der Waals surface area (Å²) in [6.45, 7) is 2.05. The van der Waals surface area contributed by atoms with Crippen LogP contribution < -0.4 is 0 Å². The third-order valence-corrected chi connectivity index (χ3v) is 4.80. The van der Waals surface area contributed by atoms with Crippen LogP contribution in [0, 0.1) is 0 Å². The fourth-order valence-electron chi connectivity index (χ4n) is 2.84. The highest BCUT2D eigenvalue weighted by atomic mass is 79.9. The van der Waals surface area contributed by atoms with Crippen LogP contribution in [0.25, 0.3) is 5.69 Å². The molecule has 23 heavy (non-hydrogen) atoms. The highest BCUT2D eigenvalue weighted by Gasteiger charge is 2.46. The number of benzene rings is 1. The van der Waals surface area contributed by atoms with Gasteiger partial charge in [-0.15, -0.1) is 0 Å². The maximum absolute atomic E-state index is 12.7. The Bertz CT molecular complexity index is 756. The molecule has 1 aromatic heterocycles. The van der Waals surface area contributed by atoms with E-state index in [1.807, 2.05) is 24.3 Å². The Morgan fingerprint density at radius 2 is 2.00 bits per heavy atom. The lowest BCUT2D eigenvalue weighted by Crippen LogP contribution is -2.50. The summed E-state index contributed by atoms with van der Waals surface area (Å²) >= 11 is 3.37. The number of halogens is 1. The molecule has 7 heteroatoms. The van der Waals surface area contributed by atoms with Crippen molar-refractivity contribution in [1.29, 1.82) is 0 Å². The van der Waals surface area contributed by atoms with E-state index in [4.69, 9.17) is 0 Å². The number of carbonyl (C=O) groups is 2. The number of carboxylic acid groups (broad SMARTS) is 1. The largest absolute Gasteiger partial charge is 0.480 e. The second kappa shape index (κ2) is 5.81. The van der Waals surface area contributed by atoms with E-state index in [2.05, 4.69) is 21.0 Å². The van der Waals surface area contributed by atoms with Gasteiger partial charge < -0.3 is 10.0 Å². The minimum Gasteiger partial charge on any atom is -0.480 e. The van der Waals surface area contributed by atoms with Gasteiger partial charge in [-0.05, 0) is 44.0 Å². The molecule has 1 saturated heterocycles. The molecule has 2 aromatic rings. The third-order valence-electron chi connectivity index (χ3n) is 4.27. The summed E-state index contributed by atoms with van der Waals surface area (Å²) in [4.78, 5) is 25.6. The molecule has 1 amide bonds. The van der Waals surface area contributed by atoms with Gasteiger partial charge in [-0.3, -0.25) is 4.79 Å². The number of hydrogen-bond donors (Lipinski definition) is 1. The van der Waals surface area contributed by atoms with Crippen molar-refractivity contribution in [3.8, 4) is 5.69 Å². The maximum Gasteiger partial charge on any atom is 0.329 e. The van der Waals surface area contributed by atoms with Crippen LogP contribution in [0.15, 0.2) is 41.1 Å². The molecule has 0 spiro atoms. The second-order valence-corrected chi connectivity index (χ2v) is 6.71. The van der Waals surface area contributed by atoms with Crippen molar-refractivity contribution in [2.75, 3.05) is 6.54 Å². The Labute approximate surface area is 141 Å². The standard InChI is InChI=1S/C16H16BrN3O3/c1-16(15(22)23)7-2-8-19(16)14(21)11-9-18-20(10-11)13-5-3-12(17)4-6-13/h3-6,9-10H,2,7-8H2,1H3,(H,22,23).